The van der Waals surface area contributed by atoms with Gasteiger partial charge in [-0.05, 0) is 49.7 Å². The Hall–Kier alpha value is -1.81. The summed E-state index contributed by atoms with van der Waals surface area (Å²) in [6.45, 7) is 7.88. The number of aromatic nitrogens is 1. The Kier molecular flexibility index (Phi) is 5.02. The van der Waals surface area contributed by atoms with Crippen molar-refractivity contribution in [1.82, 2.24) is 10.3 Å². The molecule has 4 nitrogen and oxygen atoms in total. The first-order valence-electron chi connectivity index (χ1n) is 7.41. The van der Waals surface area contributed by atoms with Gasteiger partial charge in [-0.15, -0.1) is 0 Å². The largest absolute Gasteiger partial charge is 0.464 e. The maximum atomic E-state index is 5.65. The van der Waals surface area contributed by atoms with Crippen LogP contribution in [0.1, 0.15) is 42.5 Å². The Morgan fingerprint density at radius 3 is 2.62 bits per heavy atom. The van der Waals surface area contributed by atoms with Crippen LogP contribution in [0.4, 0.5) is 5.82 Å². The van der Waals surface area contributed by atoms with Gasteiger partial charge in [-0.1, -0.05) is 13.8 Å². The van der Waals surface area contributed by atoms with Gasteiger partial charge in [-0.2, -0.15) is 0 Å². The van der Waals surface area contributed by atoms with Crippen LogP contribution in [0.25, 0.3) is 0 Å². The molecule has 0 saturated carbocycles. The van der Waals surface area contributed by atoms with Crippen molar-refractivity contribution in [3.8, 4) is 0 Å². The third-order valence-corrected chi connectivity index (χ3v) is 3.44. The van der Waals surface area contributed by atoms with E-state index < -0.39 is 0 Å². The highest BCUT2D eigenvalue weighted by Gasteiger charge is 2.11. The number of nitrogens with zero attached hydrogens (tertiary/aromatic N) is 2. The van der Waals surface area contributed by atoms with Crippen molar-refractivity contribution in [1.29, 1.82) is 0 Å². The Morgan fingerprint density at radius 1 is 1.29 bits per heavy atom. The van der Waals surface area contributed by atoms with Crippen LogP contribution in [0, 0.1) is 6.92 Å². The van der Waals surface area contributed by atoms with Crippen molar-refractivity contribution < 1.29 is 4.42 Å². The van der Waals surface area contributed by atoms with E-state index in [9.17, 15) is 0 Å². The number of pyridine rings is 1. The third kappa shape index (κ3) is 4.08. The molecule has 0 atom stereocenters. The van der Waals surface area contributed by atoms with Crippen LogP contribution < -0.4 is 10.2 Å². The Labute approximate surface area is 127 Å². The molecule has 21 heavy (non-hydrogen) atoms. The molecule has 4 heteroatoms. The fourth-order valence-corrected chi connectivity index (χ4v) is 2.28. The third-order valence-electron chi connectivity index (χ3n) is 3.44. The SMILES string of the molecule is CNCc1cc(C(C)C)nc(N(C)Cc2ccc(C)o2)c1. The molecule has 0 bridgehead atoms. The normalized spacial score (nSPS) is 11.1. The average Bonchev–Trinajstić information content (AvgIpc) is 2.84. The minimum atomic E-state index is 0.416. The molecule has 0 unspecified atom stereocenters. The number of aryl methyl sites for hydroxylation is 1. The van der Waals surface area contributed by atoms with Crippen molar-refractivity contribution in [2.45, 2.75) is 39.8 Å². The maximum Gasteiger partial charge on any atom is 0.129 e. The molecule has 0 radical (unpaired) electrons. The van der Waals surface area contributed by atoms with E-state index in [4.69, 9.17) is 9.40 Å². The molecule has 0 aliphatic rings. The molecule has 2 rings (SSSR count). The minimum Gasteiger partial charge on any atom is -0.464 e. The topological polar surface area (TPSA) is 41.3 Å². The molecule has 0 aliphatic heterocycles. The molecule has 114 valence electrons. The van der Waals surface area contributed by atoms with Crippen LogP contribution in [0.15, 0.2) is 28.7 Å². The van der Waals surface area contributed by atoms with Crippen molar-refractivity contribution in [3.63, 3.8) is 0 Å². The average molecular weight is 287 g/mol. The molecular formula is C17H25N3O. The maximum absolute atomic E-state index is 5.65. The summed E-state index contributed by atoms with van der Waals surface area (Å²) in [7, 11) is 4.01. The first-order valence-corrected chi connectivity index (χ1v) is 7.41. The molecule has 0 fully saturated rings. The molecule has 0 amide bonds. The van der Waals surface area contributed by atoms with Gasteiger partial charge in [0.05, 0.1) is 6.54 Å². The standard InChI is InChI=1S/C17H25N3O/c1-12(2)16-8-14(10-18-4)9-17(19-16)20(5)11-15-7-6-13(3)21-15/h6-9,12,18H,10-11H2,1-5H3. The monoisotopic (exact) mass is 287 g/mol. The lowest BCUT2D eigenvalue weighted by Gasteiger charge is -2.20. The van der Waals surface area contributed by atoms with Gasteiger partial charge in [-0.3, -0.25) is 0 Å². The summed E-state index contributed by atoms with van der Waals surface area (Å²) in [4.78, 5) is 6.90. The molecule has 0 spiro atoms. The summed E-state index contributed by atoms with van der Waals surface area (Å²) in [5, 5.41) is 3.20. The van der Waals surface area contributed by atoms with E-state index in [2.05, 4.69) is 36.2 Å². The van der Waals surface area contributed by atoms with Crippen molar-refractivity contribution in [2.24, 2.45) is 0 Å². The van der Waals surface area contributed by atoms with Crippen LogP contribution in [-0.4, -0.2) is 19.1 Å². The summed E-state index contributed by atoms with van der Waals surface area (Å²) in [6.07, 6.45) is 0. The van der Waals surface area contributed by atoms with Crippen molar-refractivity contribution in [3.05, 3.63) is 47.0 Å². The molecule has 1 N–H and O–H groups in total. The van der Waals surface area contributed by atoms with Crippen LogP contribution in [-0.2, 0) is 13.1 Å². The predicted octanol–water partition coefficient (Wildman–Crippen LogP) is 3.46. The van der Waals surface area contributed by atoms with Crippen LogP contribution in [0.3, 0.4) is 0 Å². The van der Waals surface area contributed by atoms with E-state index in [1.807, 2.05) is 33.2 Å². The molecule has 2 heterocycles. The lowest BCUT2D eigenvalue weighted by atomic mass is 10.1. The highest BCUT2D eigenvalue weighted by Crippen LogP contribution is 2.21. The first-order chi connectivity index (χ1) is 9.99. The second-order valence-corrected chi connectivity index (χ2v) is 5.81. The van der Waals surface area contributed by atoms with Gasteiger partial charge in [0, 0.05) is 19.3 Å². The highest BCUT2D eigenvalue weighted by atomic mass is 16.3. The summed E-state index contributed by atoms with van der Waals surface area (Å²) in [5.74, 6) is 3.31. The smallest absolute Gasteiger partial charge is 0.129 e. The van der Waals surface area contributed by atoms with E-state index in [-0.39, 0.29) is 0 Å². The van der Waals surface area contributed by atoms with Gasteiger partial charge in [0.2, 0.25) is 0 Å². The lowest BCUT2D eigenvalue weighted by Crippen LogP contribution is -2.19. The highest BCUT2D eigenvalue weighted by molar-refractivity contribution is 5.43. The van der Waals surface area contributed by atoms with E-state index in [1.165, 1.54) is 5.56 Å². The van der Waals surface area contributed by atoms with Crippen molar-refractivity contribution in [2.75, 3.05) is 19.0 Å². The zero-order valence-electron chi connectivity index (χ0n) is 13.6. The summed E-state index contributed by atoms with van der Waals surface area (Å²) in [5.41, 5.74) is 2.38. The Bertz CT molecular complexity index is 589. The van der Waals surface area contributed by atoms with E-state index in [1.54, 1.807) is 0 Å². The number of furan rings is 1. The van der Waals surface area contributed by atoms with Crippen LogP contribution >= 0.6 is 0 Å². The minimum absolute atomic E-state index is 0.416. The number of nitrogens with one attached hydrogen (secondary N) is 1. The van der Waals surface area contributed by atoms with E-state index >= 15 is 0 Å². The quantitative estimate of drug-likeness (QED) is 0.883. The lowest BCUT2D eigenvalue weighted by molar-refractivity contribution is 0.481. The molecule has 0 aromatic carbocycles. The summed E-state index contributed by atoms with van der Waals surface area (Å²) in [6, 6.07) is 8.33. The fourth-order valence-electron chi connectivity index (χ4n) is 2.28. The zero-order valence-corrected chi connectivity index (χ0v) is 13.6. The Morgan fingerprint density at radius 2 is 2.05 bits per heavy atom. The molecule has 2 aromatic rings. The number of anilines is 1. The molecular weight excluding hydrogens is 262 g/mol. The van der Waals surface area contributed by atoms with Gasteiger partial charge < -0.3 is 14.6 Å². The number of hydrogen-bond donors (Lipinski definition) is 1. The number of hydrogen-bond acceptors (Lipinski definition) is 4. The first kappa shape index (κ1) is 15.6. The van der Waals surface area contributed by atoms with Crippen LogP contribution in [0.2, 0.25) is 0 Å². The van der Waals surface area contributed by atoms with Gasteiger partial charge in [0.15, 0.2) is 0 Å². The molecule has 2 aromatic heterocycles. The summed E-state index contributed by atoms with van der Waals surface area (Å²) >= 11 is 0. The van der Waals surface area contributed by atoms with Gasteiger partial charge in [0.1, 0.15) is 17.3 Å². The predicted molar refractivity (Wildman–Crippen MR) is 86.6 cm³/mol. The fraction of sp³-hybridized carbons (Fsp3) is 0.471. The van der Waals surface area contributed by atoms with Gasteiger partial charge >= 0.3 is 0 Å². The van der Waals surface area contributed by atoms with Crippen LogP contribution in [0.5, 0.6) is 0 Å². The van der Waals surface area contributed by atoms with E-state index in [0.717, 1.165) is 36.1 Å². The second kappa shape index (κ2) is 6.76. The van der Waals surface area contributed by atoms with Crippen molar-refractivity contribution >= 4 is 5.82 Å². The number of rotatable bonds is 6. The summed E-state index contributed by atoms with van der Waals surface area (Å²) < 4.78 is 5.65. The second-order valence-electron chi connectivity index (χ2n) is 5.81. The Balaban J connectivity index is 2.24. The van der Waals surface area contributed by atoms with E-state index in [0.29, 0.717) is 5.92 Å². The van der Waals surface area contributed by atoms with Gasteiger partial charge in [0.25, 0.3) is 0 Å². The zero-order chi connectivity index (χ0) is 15.4. The molecule has 0 saturated heterocycles. The van der Waals surface area contributed by atoms with Gasteiger partial charge in [-0.25, -0.2) is 4.98 Å². The molecule has 0 aliphatic carbocycles.